The molecule has 1 saturated heterocycles. The van der Waals surface area contributed by atoms with Gasteiger partial charge in [-0.3, -0.25) is 9.59 Å². The standard InChI is InChI=1S/C23H25N5O3/c1-13-3-6-19(16-4-5-18-15(10-16)7-8-25-21(18)29)28(12-13)23(31)22(30)27-17-9-14(2)20(24)26-11-17/h4-5,7-11,13,19H,3,6,12H2,1-2H3,(H2,24,26)(H,25,29)(H,27,30)/t13-,19+/m0/s1. The fourth-order valence-electron chi connectivity index (χ4n) is 4.08. The lowest BCUT2D eigenvalue weighted by molar-refractivity contribution is -0.146. The van der Waals surface area contributed by atoms with Crippen LogP contribution >= 0.6 is 0 Å². The van der Waals surface area contributed by atoms with Crippen LogP contribution in [0.15, 0.2) is 42.7 Å². The van der Waals surface area contributed by atoms with Gasteiger partial charge in [0.1, 0.15) is 5.82 Å². The first-order valence-corrected chi connectivity index (χ1v) is 10.2. The zero-order valence-corrected chi connectivity index (χ0v) is 17.5. The summed E-state index contributed by atoms with van der Waals surface area (Å²) in [4.78, 5) is 35.4. The fourth-order valence-corrected chi connectivity index (χ4v) is 4.08. The molecule has 4 N–H and O–H groups in total. The molecule has 0 bridgehead atoms. The van der Waals surface area contributed by atoms with Crippen LogP contribution in [0.4, 0.5) is 11.5 Å². The van der Waals surface area contributed by atoms with Crippen LogP contribution in [0.25, 0.3) is 10.8 Å². The molecule has 31 heavy (non-hydrogen) atoms. The number of aryl methyl sites for hydroxylation is 1. The summed E-state index contributed by atoms with van der Waals surface area (Å²) in [5.41, 5.74) is 7.81. The third-order valence-electron chi connectivity index (χ3n) is 5.80. The number of nitrogens with zero attached hydrogens (tertiary/aromatic N) is 3. The number of carbonyl (C=O) groups excluding carboxylic acids is 2. The Hall–Kier alpha value is -3.68. The van der Waals surface area contributed by atoms with E-state index < -0.39 is 11.8 Å². The van der Waals surface area contributed by atoms with E-state index in [0.717, 1.165) is 29.4 Å². The number of carbonyl (C=O) groups is 2. The van der Waals surface area contributed by atoms with Gasteiger partial charge in [-0.05, 0) is 66.5 Å². The third-order valence-corrected chi connectivity index (χ3v) is 5.80. The number of aromatic nitrogens is 2. The molecular weight excluding hydrogens is 394 g/mol. The minimum Gasteiger partial charge on any atom is -0.493 e. The highest BCUT2D eigenvalue weighted by Gasteiger charge is 2.34. The van der Waals surface area contributed by atoms with Gasteiger partial charge in [0.25, 0.3) is 0 Å². The number of piperidine rings is 1. The zero-order chi connectivity index (χ0) is 22.1. The molecule has 160 valence electrons. The van der Waals surface area contributed by atoms with Crippen molar-refractivity contribution in [1.29, 1.82) is 0 Å². The van der Waals surface area contributed by atoms with Crippen molar-refractivity contribution >= 4 is 34.1 Å². The Morgan fingerprint density at radius 3 is 2.77 bits per heavy atom. The van der Waals surface area contributed by atoms with Crippen LogP contribution in [-0.2, 0) is 9.59 Å². The SMILES string of the molecule is Cc1cc(NC(=O)C(=O)N2C[C@@H](C)CC[C@@H]2c2ccc3c(O)nccc3c2)cnc1N. The molecule has 3 aromatic rings. The van der Waals surface area contributed by atoms with E-state index in [1.807, 2.05) is 18.2 Å². The third kappa shape index (κ3) is 4.14. The maximum atomic E-state index is 13.1. The van der Waals surface area contributed by atoms with Crippen LogP contribution in [0.5, 0.6) is 5.88 Å². The Kier molecular flexibility index (Phi) is 5.46. The number of nitrogens with one attached hydrogen (secondary N) is 1. The van der Waals surface area contributed by atoms with E-state index in [9.17, 15) is 14.7 Å². The average Bonchev–Trinajstić information content (AvgIpc) is 2.75. The topological polar surface area (TPSA) is 121 Å². The molecule has 2 atom stereocenters. The van der Waals surface area contributed by atoms with Crippen molar-refractivity contribution in [2.45, 2.75) is 32.7 Å². The Morgan fingerprint density at radius 1 is 1.19 bits per heavy atom. The Labute approximate surface area is 180 Å². The maximum Gasteiger partial charge on any atom is 0.313 e. The van der Waals surface area contributed by atoms with Crippen molar-refractivity contribution in [3.63, 3.8) is 0 Å². The largest absolute Gasteiger partial charge is 0.493 e. The molecule has 0 radical (unpaired) electrons. The van der Waals surface area contributed by atoms with Crippen molar-refractivity contribution < 1.29 is 14.7 Å². The number of benzene rings is 1. The number of rotatable bonds is 2. The van der Waals surface area contributed by atoms with Gasteiger partial charge in [0, 0.05) is 18.1 Å². The van der Waals surface area contributed by atoms with E-state index in [1.165, 1.54) is 6.20 Å². The number of amides is 2. The van der Waals surface area contributed by atoms with Crippen molar-refractivity contribution in [2.75, 3.05) is 17.6 Å². The molecular formula is C23H25N5O3. The van der Waals surface area contributed by atoms with Gasteiger partial charge in [0.2, 0.25) is 5.88 Å². The monoisotopic (exact) mass is 419 g/mol. The van der Waals surface area contributed by atoms with Gasteiger partial charge in [-0.15, -0.1) is 0 Å². The second-order valence-electron chi connectivity index (χ2n) is 8.15. The number of aromatic hydroxyl groups is 1. The Morgan fingerprint density at radius 2 is 2.00 bits per heavy atom. The summed E-state index contributed by atoms with van der Waals surface area (Å²) in [6.07, 6.45) is 4.69. The second-order valence-corrected chi connectivity index (χ2v) is 8.15. The van der Waals surface area contributed by atoms with Gasteiger partial charge in [-0.2, -0.15) is 0 Å². The summed E-state index contributed by atoms with van der Waals surface area (Å²) in [7, 11) is 0. The van der Waals surface area contributed by atoms with Crippen LogP contribution in [-0.4, -0.2) is 38.3 Å². The molecule has 0 spiro atoms. The molecule has 1 aromatic carbocycles. The second kappa shape index (κ2) is 8.22. The number of pyridine rings is 2. The highest BCUT2D eigenvalue weighted by molar-refractivity contribution is 6.39. The molecule has 3 heterocycles. The zero-order valence-electron chi connectivity index (χ0n) is 17.5. The van der Waals surface area contributed by atoms with Gasteiger partial charge < -0.3 is 21.1 Å². The van der Waals surface area contributed by atoms with Gasteiger partial charge in [0.05, 0.1) is 17.9 Å². The predicted molar refractivity (Wildman–Crippen MR) is 118 cm³/mol. The first-order chi connectivity index (χ1) is 14.8. The molecule has 1 aliphatic heterocycles. The van der Waals surface area contributed by atoms with Gasteiger partial charge in [0.15, 0.2) is 0 Å². The summed E-state index contributed by atoms with van der Waals surface area (Å²) < 4.78 is 0. The van der Waals surface area contributed by atoms with E-state index >= 15 is 0 Å². The number of fused-ring (bicyclic) bond motifs is 1. The van der Waals surface area contributed by atoms with Crippen LogP contribution < -0.4 is 11.1 Å². The van der Waals surface area contributed by atoms with Crippen molar-refractivity contribution in [2.24, 2.45) is 5.92 Å². The van der Waals surface area contributed by atoms with E-state index in [0.29, 0.717) is 29.4 Å². The van der Waals surface area contributed by atoms with Crippen molar-refractivity contribution in [1.82, 2.24) is 14.9 Å². The quantitative estimate of drug-likeness (QED) is 0.549. The summed E-state index contributed by atoms with van der Waals surface area (Å²) in [6.45, 7) is 4.36. The van der Waals surface area contributed by atoms with Crippen molar-refractivity contribution in [3.05, 3.63) is 53.9 Å². The number of nitrogens with two attached hydrogens (primary N) is 1. The lowest BCUT2D eigenvalue weighted by Gasteiger charge is -2.38. The predicted octanol–water partition coefficient (Wildman–Crippen LogP) is 3.16. The highest BCUT2D eigenvalue weighted by Crippen LogP contribution is 2.35. The van der Waals surface area contributed by atoms with Gasteiger partial charge in [-0.1, -0.05) is 13.0 Å². The molecule has 0 aliphatic carbocycles. The van der Waals surface area contributed by atoms with E-state index in [1.54, 1.807) is 30.2 Å². The number of hydrogen-bond acceptors (Lipinski definition) is 6. The Balaban J connectivity index is 1.60. The Bertz CT molecular complexity index is 1160. The number of hydrogen-bond donors (Lipinski definition) is 3. The van der Waals surface area contributed by atoms with Gasteiger partial charge in [-0.25, -0.2) is 9.97 Å². The first-order valence-electron chi connectivity index (χ1n) is 10.2. The van der Waals surface area contributed by atoms with Gasteiger partial charge >= 0.3 is 11.8 Å². The molecule has 0 saturated carbocycles. The molecule has 1 fully saturated rings. The summed E-state index contributed by atoms with van der Waals surface area (Å²) in [5.74, 6) is -0.633. The van der Waals surface area contributed by atoms with Crippen LogP contribution in [0.1, 0.15) is 36.9 Å². The molecule has 8 heteroatoms. The van der Waals surface area contributed by atoms with Crippen LogP contribution in [0, 0.1) is 12.8 Å². The minimum absolute atomic E-state index is 0.0268. The lowest BCUT2D eigenvalue weighted by atomic mass is 9.89. The molecule has 8 nitrogen and oxygen atoms in total. The molecule has 0 unspecified atom stereocenters. The number of anilines is 2. The molecule has 2 aromatic heterocycles. The smallest absolute Gasteiger partial charge is 0.313 e. The number of likely N-dealkylation sites (tertiary alicyclic amines) is 1. The van der Waals surface area contributed by atoms with Crippen LogP contribution in [0.3, 0.4) is 0 Å². The molecule has 4 rings (SSSR count). The average molecular weight is 419 g/mol. The summed E-state index contributed by atoms with van der Waals surface area (Å²) in [6, 6.07) is 8.92. The normalized spacial score (nSPS) is 18.7. The molecule has 1 aliphatic rings. The fraction of sp³-hybridized carbons (Fsp3) is 0.304. The summed E-state index contributed by atoms with van der Waals surface area (Å²) >= 11 is 0. The maximum absolute atomic E-state index is 13.1. The molecule has 2 amide bonds. The minimum atomic E-state index is -0.701. The van der Waals surface area contributed by atoms with E-state index in [-0.39, 0.29) is 11.9 Å². The first kappa shape index (κ1) is 20.6. The lowest BCUT2D eigenvalue weighted by Crippen LogP contribution is -2.46. The van der Waals surface area contributed by atoms with E-state index in [4.69, 9.17) is 5.73 Å². The van der Waals surface area contributed by atoms with Crippen LogP contribution in [0.2, 0.25) is 0 Å². The number of nitrogen functional groups attached to an aromatic ring is 1. The van der Waals surface area contributed by atoms with E-state index in [2.05, 4.69) is 22.2 Å². The summed E-state index contributed by atoms with van der Waals surface area (Å²) in [5, 5.41) is 14.1. The highest BCUT2D eigenvalue weighted by atomic mass is 16.3. The van der Waals surface area contributed by atoms with Crippen molar-refractivity contribution in [3.8, 4) is 5.88 Å².